The lowest BCUT2D eigenvalue weighted by Gasteiger charge is -2.08. The van der Waals surface area contributed by atoms with Gasteiger partial charge in [-0.2, -0.15) is 0 Å². The van der Waals surface area contributed by atoms with E-state index >= 15 is 0 Å². The minimum Gasteiger partial charge on any atom is -0.375 e. The number of anilines is 1. The first-order valence-electron chi connectivity index (χ1n) is 5.90. The lowest BCUT2D eigenvalue weighted by atomic mass is 10.1. The summed E-state index contributed by atoms with van der Waals surface area (Å²) in [7, 11) is 0. The number of nitro benzene ring substituents is 1. The minimum atomic E-state index is -0.586. The number of hydrogen-bond donors (Lipinski definition) is 1. The summed E-state index contributed by atoms with van der Waals surface area (Å²) in [5.74, 6) is -0.876. The van der Waals surface area contributed by atoms with Gasteiger partial charge in [0.25, 0.3) is 5.69 Å². The Bertz CT molecular complexity index is 660. The topological polar surface area (TPSA) is 55.2 Å². The Balaban J connectivity index is 2.20. The van der Waals surface area contributed by atoms with Gasteiger partial charge < -0.3 is 5.32 Å². The van der Waals surface area contributed by atoms with Gasteiger partial charge >= 0.3 is 0 Å². The Morgan fingerprint density at radius 2 is 1.95 bits per heavy atom. The van der Waals surface area contributed by atoms with Crippen molar-refractivity contribution in [3.63, 3.8) is 0 Å². The van der Waals surface area contributed by atoms with E-state index in [0.717, 1.165) is 23.8 Å². The quantitative estimate of drug-likeness (QED) is 0.683. The van der Waals surface area contributed by atoms with Gasteiger partial charge in [0.1, 0.15) is 17.3 Å². The molecule has 4 nitrogen and oxygen atoms in total. The number of hydrogen-bond acceptors (Lipinski definition) is 3. The molecule has 0 atom stereocenters. The van der Waals surface area contributed by atoms with Crippen LogP contribution in [0.1, 0.15) is 11.1 Å². The van der Waals surface area contributed by atoms with E-state index in [4.69, 9.17) is 0 Å². The lowest BCUT2D eigenvalue weighted by Crippen LogP contribution is -2.03. The summed E-state index contributed by atoms with van der Waals surface area (Å²) in [5.41, 5.74) is 1.13. The first kappa shape index (κ1) is 13.9. The number of rotatable bonds is 4. The highest BCUT2D eigenvalue weighted by atomic mass is 19.1. The molecule has 0 aliphatic carbocycles. The van der Waals surface area contributed by atoms with Gasteiger partial charge in [-0.25, -0.2) is 8.78 Å². The predicted molar refractivity (Wildman–Crippen MR) is 71.5 cm³/mol. The molecule has 0 aliphatic rings. The number of benzene rings is 2. The molecule has 0 unspecified atom stereocenters. The number of nitrogens with zero attached hydrogens (tertiary/aromatic N) is 1. The van der Waals surface area contributed by atoms with Crippen LogP contribution in [0.2, 0.25) is 0 Å². The molecule has 0 bridgehead atoms. The maximum absolute atomic E-state index is 13.1. The standard InChI is InChI=1S/C14H12F2N2O2/c1-9-6-10(2-4-12(9)16)8-17-13-7-11(15)3-5-14(13)18(19)20/h2-7,17H,8H2,1H3. The maximum atomic E-state index is 13.1. The Morgan fingerprint density at radius 3 is 2.60 bits per heavy atom. The van der Waals surface area contributed by atoms with Crippen LogP contribution in [-0.4, -0.2) is 4.92 Å². The molecule has 0 saturated heterocycles. The van der Waals surface area contributed by atoms with Crippen molar-refractivity contribution in [3.8, 4) is 0 Å². The molecule has 1 N–H and O–H groups in total. The Labute approximate surface area is 114 Å². The highest BCUT2D eigenvalue weighted by Crippen LogP contribution is 2.25. The largest absolute Gasteiger partial charge is 0.375 e. The molecule has 2 aromatic carbocycles. The molecule has 0 amide bonds. The van der Waals surface area contributed by atoms with Crippen LogP contribution in [0, 0.1) is 28.7 Å². The van der Waals surface area contributed by atoms with Crippen LogP contribution in [0.4, 0.5) is 20.2 Å². The van der Waals surface area contributed by atoms with Crippen LogP contribution < -0.4 is 5.32 Å². The molecule has 0 aromatic heterocycles. The molecular formula is C14H12F2N2O2. The fourth-order valence-corrected chi connectivity index (χ4v) is 1.82. The monoisotopic (exact) mass is 278 g/mol. The third-order valence-electron chi connectivity index (χ3n) is 2.86. The average Bonchev–Trinajstić information content (AvgIpc) is 2.40. The van der Waals surface area contributed by atoms with Gasteiger partial charge in [0, 0.05) is 18.7 Å². The Hall–Kier alpha value is -2.50. The molecule has 0 spiro atoms. The number of nitrogens with one attached hydrogen (secondary N) is 1. The average molecular weight is 278 g/mol. The van der Waals surface area contributed by atoms with Crippen molar-refractivity contribution < 1.29 is 13.7 Å². The van der Waals surface area contributed by atoms with E-state index in [1.165, 1.54) is 6.07 Å². The normalized spacial score (nSPS) is 10.3. The van der Waals surface area contributed by atoms with Crippen molar-refractivity contribution in [2.24, 2.45) is 0 Å². The highest BCUT2D eigenvalue weighted by molar-refractivity contribution is 5.61. The van der Waals surface area contributed by atoms with Gasteiger partial charge in [0.15, 0.2) is 0 Å². The molecule has 0 aliphatic heterocycles. The summed E-state index contributed by atoms with van der Waals surface area (Å²) < 4.78 is 26.3. The molecule has 2 aromatic rings. The van der Waals surface area contributed by atoms with Gasteiger partial charge in [-0.05, 0) is 30.2 Å². The van der Waals surface area contributed by atoms with Crippen molar-refractivity contribution in [2.45, 2.75) is 13.5 Å². The van der Waals surface area contributed by atoms with Crippen LogP contribution in [0.15, 0.2) is 36.4 Å². The fourth-order valence-electron chi connectivity index (χ4n) is 1.82. The van der Waals surface area contributed by atoms with E-state index in [0.29, 0.717) is 5.56 Å². The van der Waals surface area contributed by atoms with Crippen molar-refractivity contribution in [1.82, 2.24) is 0 Å². The van der Waals surface area contributed by atoms with E-state index < -0.39 is 10.7 Å². The van der Waals surface area contributed by atoms with Gasteiger partial charge in [0.05, 0.1) is 4.92 Å². The predicted octanol–water partition coefficient (Wildman–Crippen LogP) is 3.79. The summed E-state index contributed by atoms with van der Waals surface area (Å²) in [6.45, 7) is 1.87. The second-order valence-electron chi connectivity index (χ2n) is 4.36. The third-order valence-corrected chi connectivity index (χ3v) is 2.86. The zero-order valence-corrected chi connectivity index (χ0v) is 10.7. The zero-order chi connectivity index (χ0) is 14.7. The van der Waals surface area contributed by atoms with Crippen LogP contribution in [0.3, 0.4) is 0 Å². The first-order valence-corrected chi connectivity index (χ1v) is 5.90. The molecule has 2 rings (SSSR count). The van der Waals surface area contributed by atoms with E-state index in [1.807, 2.05) is 0 Å². The van der Waals surface area contributed by atoms with E-state index in [2.05, 4.69) is 5.32 Å². The third kappa shape index (κ3) is 3.09. The van der Waals surface area contributed by atoms with Gasteiger partial charge in [-0.1, -0.05) is 12.1 Å². The lowest BCUT2D eigenvalue weighted by molar-refractivity contribution is -0.384. The minimum absolute atomic E-state index is 0.0944. The summed E-state index contributed by atoms with van der Waals surface area (Å²) in [6.07, 6.45) is 0. The van der Waals surface area contributed by atoms with Crippen molar-refractivity contribution in [2.75, 3.05) is 5.32 Å². The molecule has 0 fully saturated rings. The van der Waals surface area contributed by atoms with Crippen LogP contribution in [0.25, 0.3) is 0 Å². The van der Waals surface area contributed by atoms with E-state index in [9.17, 15) is 18.9 Å². The molecule has 20 heavy (non-hydrogen) atoms. The molecule has 0 saturated carbocycles. The molecule has 0 heterocycles. The highest BCUT2D eigenvalue weighted by Gasteiger charge is 2.14. The smallest absolute Gasteiger partial charge is 0.292 e. The van der Waals surface area contributed by atoms with E-state index in [1.54, 1.807) is 19.1 Å². The van der Waals surface area contributed by atoms with Crippen LogP contribution in [-0.2, 0) is 6.54 Å². The fraction of sp³-hybridized carbons (Fsp3) is 0.143. The zero-order valence-electron chi connectivity index (χ0n) is 10.7. The van der Waals surface area contributed by atoms with Crippen LogP contribution >= 0.6 is 0 Å². The van der Waals surface area contributed by atoms with Gasteiger partial charge in [0.2, 0.25) is 0 Å². The van der Waals surface area contributed by atoms with Gasteiger partial charge in [-0.15, -0.1) is 0 Å². The van der Waals surface area contributed by atoms with Crippen molar-refractivity contribution in [1.29, 1.82) is 0 Å². The number of aryl methyl sites for hydroxylation is 1. The number of nitro groups is 1. The second kappa shape index (κ2) is 5.64. The van der Waals surface area contributed by atoms with Crippen LogP contribution in [0.5, 0.6) is 0 Å². The van der Waals surface area contributed by atoms with E-state index in [-0.39, 0.29) is 23.7 Å². The molecule has 104 valence electrons. The summed E-state index contributed by atoms with van der Waals surface area (Å²) in [6, 6.07) is 7.73. The Morgan fingerprint density at radius 1 is 1.20 bits per heavy atom. The SMILES string of the molecule is Cc1cc(CNc2cc(F)ccc2[N+](=O)[O-])ccc1F. The summed E-state index contributed by atoms with van der Waals surface area (Å²) in [4.78, 5) is 10.3. The number of halogens is 2. The summed E-state index contributed by atoms with van der Waals surface area (Å²) in [5, 5.41) is 13.6. The first-order chi connectivity index (χ1) is 9.47. The second-order valence-corrected chi connectivity index (χ2v) is 4.36. The molecule has 6 heteroatoms. The van der Waals surface area contributed by atoms with Crippen molar-refractivity contribution in [3.05, 3.63) is 69.3 Å². The van der Waals surface area contributed by atoms with Crippen molar-refractivity contribution >= 4 is 11.4 Å². The Kier molecular flexibility index (Phi) is 3.93. The molecular weight excluding hydrogens is 266 g/mol. The molecule has 0 radical (unpaired) electrons. The maximum Gasteiger partial charge on any atom is 0.292 e. The summed E-state index contributed by atoms with van der Waals surface area (Å²) >= 11 is 0. The van der Waals surface area contributed by atoms with Gasteiger partial charge in [-0.3, -0.25) is 10.1 Å².